The van der Waals surface area contributed by atoms with Crippen LogP contribution in [-0.4, -0.2) is 19.3 Å². The molecule has 6 nitrogen and oxygen atoms in total. The number of hydrogen-bond acceptors (Lipinski definition) is 5. The summed E-state index contributed by atoms with van der Waals surface area (Å²) in [6, 6.07) is 13.5. The molecule has 3 aromatic rings. The van der Waals surface area contributed by atoms with Crippen molar-refractivity contribution in [2.75, 3.05) is 10.0 Å². The van der Waals surface area contributed by atoms with Crippen LogP contribution in [0.5, 0.6) is 0 Å². The first kappa shape index (κ1) is 22.5. The van der Waals surface area contributed by atoms with Gasteiger partial charge in [-0.05, 0) is 42.8 Å². The molecule has 0 bridgehead atoms. The second-order valence-corrected chi connectivity index (χ2v) is 9.38. The van der Waals surface area contributed by atoms with Gasteiger partial charge in [0.2, 0.25) is 5.91 Å². The summed E-state index contributed by atoms with van der Waals surface area (Å²) in [4.78, 5) is 15.7. The Morgan fingerprint density at radius 2 is 1.94 bits per heavy atom. The van der Waals surface area contributed by atoms with Gasteiger partial charge in [-0.3, -0.25) is 9.52 Å². The molecule has 160 valence electrons. The SMILES string of the molecule is CCCCC#Cc1ccc(S(=O)(=O)Nc2cccc(-c3csc(NC(C)=O)n3)c2)cc1. The van der Waals surface area contributed by atoms with Crippen LogP contribution in [0.15, 0.2) is 58.8 Å². The molecule has 0 aliphatic carbocycles. The molecule has 31 heavy (non-hydrogen) atoms. The van der Waals surface area contributed by atoms with Crippen LogP contribution in [0.1, 0.15) is 38.7 Å². The maximum absolute atomic E-state index is 12.8. The van der Waals surface area contributed by atoms with E-state index in [9.17, 15) is 13.2 Å². The van der Waals surface area contributed by atoms with Crippen LogP contribution in [0, 0.1) is 11.8 Å². The summed E-state index contributed by atoms with van der Waals surface area (Å²) in [5, 5.41) is 4.94. The predicted molar refractivity (Wildman–Crippen MR) is 126 cm³/mol. The fourth-order valence-corrected chi connectivity index (χ4v) is 4.53. The van der Waals surface area contributed by atoms with E-state index in [1.165, 1.54) is 18.3 Å². The zero-order valence-corrected chi connectivity index (χ0v) is 18.9. The number of unbranched alkanes of at least 4 members (excludes halogenated alkanes) is 2. The summed E-state index contributed by atoms with van der Waals surface area (Å²) in [5.74, 6) is 5.95. The molecule has 1 aromatic heterocycles. The summed E-state index contributed by atoms with van der Waals surface area (Å²) in [6.07, 6.45) is 2.98. The van der Waals surface area contributed by atoms with E-state index in [0.717, 1.165) is 30.4 Å². The molecule has 0 aliphatic rings. The highest BCUT2D eigenvalue weighted by Crippen LogP contribution is 2.27. The van der Waals surface area contributed by atoms with Gasteiger partial charge in [0, 0.05) is 35.5 Å². The Hall–Kier alpha value is -3.15. The van der Waals surface area contributed by atoms with Crippen molar-refractivity contribution in [2.45, 2.75) is 38.0 Å². The van der Waals surface area contributed by atoms with Crippen molar-refractivity contribution < 1.29 is 13.2 Å². The summed E-state index contributed by atoms with van der Waals surface area (Å²) in [7, 11) is -3.74. The number of sulfonamides is 1. The Balaban J connectivity index is 1.74. The van der Waals surface area contributed by atoms with Crippen LogP contribution in [0.2, 0.25) is 0 Å². The molecule has 0 unspecified atom stereocenters. The number of hydrogen-bond donors (Lipinski definition) is 2. The summed E-state index contributed by atoms with van der Waals surface area (Å²) in [6.45, 7) is 3.53. The van der Waals surface area contributed by atoms with Crippen molar-refractivity contribution >= 4 is 38.1 Å². The van der Waals surface area contributed by atoms with Gasteiger partial charge < -0.3 is 5.32 Å². The van der Waals surface area contributed by atoms with Crippen LogP contribution in [0.3, 0.4) is 0 Å². The molecule has 0 atom stereocenters. The van der Waals surface area contributed by atoms with Gasteiger partial charge in [-0.2, -0.15) is 0 Å². The lowest BCUT2D eigenvalue weighted by Gasteiger charge is -2.09. The van der Waals surface area contributed by atoms with E-state index in [0.29, 0.717) is 16.5 Å². The largest absolute Gasteiger partial charge is 0.302 e. The molecule has 0 fully saturated rings. The number of amides is 1. The lowest BCUT2D eigenvalue weighted by atomic mass is 10.1. The van der Waals surface area contributed by atoms with Crippen molar-refractivity contribution in [3.63, 3.8) is 0 Å². The normalized spacial score (nSPS) is 10.8. The first-order valence-electron chi connectivity index (χ1n) is 9.82. The minimum absolute atomic E-state index is 0.165. The van der Waals surface area contributed by atoms with Crippen LogP contribution >= 0.6 is 11.3 Å². The highest BCUT2D eigenvalue weighted by atomic mass is 32.2. The molecule has 3 rings (SSSR count). The fourth-order valence-electron chi connectivity index (χ4n) is 2.72. The van der Waals surface area contributed by atoms with E-state index in [1.54, 1.807) is 47.8 Å². The molecule has 0 saturated heterocycles. The van der Waals surface area contributed by atoms with Crippen molar-refractivity contribution in [1.29, 1.82) is 0 Å². The molecular weight excluding hydrogens is 430 g/mol. The van der Waals surface area contributed by atoms with Crippen LogP contribution in [0.25, 0.3) is 11.3 Å². The first-order valence-corrected chi connectivity index (χ1v) is 12.2. The monoisotopic (exact) mass is 453 g/mol. The van der Waals surface area contributed by atoms with E-state index in [2.05, 4.69) is 33.8 Å². The molecule has 2 N–H and O–H groups in total. The van der Waals surface area contributed by atoms with E-state index in [1.807, 2.05) is 6.07 Å². The molecule has 8 heteroatoms. The zero-order valence-electron chi connectivity index (χ0n) is 17.3. The Bertz CT molecular complexity index is 1220. The standard InChI is InChI=1S/C23H23N3O3S2/c1-3-4-5-6-8-18-11-13-21(14-12-18)31(28,29)26-20-10-7-9-19(15-20)22-16-30-23(25-22)24-17(2)27/h7,9-16,26H,3-5H2,1-2H3,(H,24,25,27). The number of anilines is 2. The zero-order chi connectivity index (χ0) is 22.3. The third-order valence-electron chi connectivity index (χ3n) is 4.25. The Morgan fingerprint density at radius 1 is 1.16 bits per heavy atom. The lowest BCUT2D eigenvalue weighted by Crippen LogP contribution is -2.12. The average molecular weight is 454 g/mol. The number of nitrogens with one attached hydrogen (secondary N) is 2. The summed E-state index contributed by atoms with van der Waals surface area (Å²) < 4.78 is 28.2. The first-order chi connectivity index (χ1) is 14.9. The summed E-state index contributed by atoms with van der Waals surface area (Å²) >= 11 is 1.31. The van der Waals surface area contributed by atoms with Gasteiger partial charge >= 0.3 is 0 Å². The highest BCUT2D eigenvalue weighted by Gasteiger charge is 2.15. The highest BCUT2D eigenvalue weighted by molar-refractivity contribution is 7.92. The molecule has 2 aromatic carbocycles. The maximum Gasteiger partial charge on any atom is 0.261 e. The van der Waals surface area contributed by atoms with Crippen molar-refractivity contribution in [2.24, 2.45) is 0 Å². The molecule has 0 aliphatic heterocycles. The summed E-state index contributed by atoms with van der Waals surface area (Å²) in [5.41, 5.74) is 2.61. The number of thiazole rings is 1. The average Bonchev–Trinajstić information content (AvgIpc) is 3.19. The predicted octanol–water partition coefficient (Wildman–Crippen LogP) is 5.11. The number of carbonyl (C=O) groups is 1. The Morgan fingerprint density at radius 3 is 2.65 bits per heavy atom. The van der Waals surface area contributed by atoms with Crippen molar-refractivity contribution in [3.8, 4) is 23.1 Å². The number of benzene rings is 2. The number of rotatable bonds is 7. The van der Waals surface area contributed by atoms with E-state index in [4.69, 9.17) is 0 Å². The molecule has 0 spiro atoms. The third kappa shape index (κ3) is 6.41. The molecule has 0 saturated carbocycles. The number of carbonyl (C=O) groups excluding carboxylic acids is 1. The fraction of sp³-hybridized carbons (Fsp3) is 0.217. The van der Waals surface area contributed by atoms with E-state index < -0.39 is 10.0 Å². The van der Waals surface area contributed by atoms with Gasteiger partial charge in [-0.25, -0.2) is 13.4 Å². The van der Waals surface area contributed by atoms with Gasteiger partial charge in [0.1, 0.15) is 0 Å². The molecule has 1 amide bonds. The van der Waals surface area contributed by atoms with Gasteiger partial charge in [-0.1, -0.05) is 37.3 Å². The smallest absolute Gasteiger partial charge is 0.261 e. The van der Waals surface area contributed by atoms with Crippen LogP contribution < -0.4 is 10.0 Å². The number of nitrogens with zero attached hydrogens (tertiary/aromatic N) is 1. The van der Waals surface area contributed by atoms with E-state index in [-0.39, 0.29) is 10.8 Å². The minimum atomic E-state index is -3.74. The second kappa shape index (κ2) is 10.2. The van der Waals surface area contributed by atoms with Crippen LogP contribution in [0.4, 0.5) is 10.8 Å². The minimum Gasteiger partial charge on any atom is -0.302 e. The van der Waals surface area contributed by atoms with Gasteiger partial charge in [-0.15, -0.1) is 11.3 Å². The van der Waals surface area contributed by atoms with Crippen molar-refractivity contribution in [3.05, 3.63) is 59.5 Å². The lowest BCUT2D eigenvalue weighted by molar-refractivity contribution is -0.114. The topological polar surface area (TPSA) is 88.2 Å². The third-order valence-corrected chi connectivity index (χ3v) is 6.41. The quantitative estimate of drug-likeness (QED) is 0.384. The molecule has 1 heterocycles. The second-order valence-electron chi connectivity index (χ2n) is 6.84. The van der Waals surface area contributed by atoms with Gasteiger partial charge in [0.15, 0.2) is 5.13 Å². The Labute approximate surface area is 186 Å². The Kier molecular flexibility index (Phi) is 7.45. The van der Waals surface area contributed by atoms with E-state index >= 15 is 0 Å². The molecular formula is C23H23N3O3S2. The van der Waals surface area contributed by atoms with Crippen LogP contribution in [-0.2, 0) is 14.8 Å². The van der Waals surface area contributed by atoms with Gasteiger partial charge in [0.25, 0.3) is 10.0 Å². The van der Waals surface area contributed by atoms with Gasteiger partial charge in [0.05, 0.1) is 10.6 Å². The molecule has 0 radical (unpaired) electrons. The maximum atomic E-state index is 12.8. The van der Waals surface area contributed by atoms with Crippen molar-refractivity contribution in [1.82, 2.24) is 4.98 Å². The number of aromatic nitrogens is 1.